The van der Waals surface area contributed by atoms with Crippen LogP contribution in [0.4, 0.5) is 5.69 Å². The molecule has 7 nitrogen and oxygen atoms in total. The molecule has 1 unspecified atom stereocenters. The predicted molar refractivity (Wildman–Crippen MR) is 139 cm³/mol. The molecule has 3 saturated heterocycles. The Balaban J connectivity index is 1.16. The van der Waals surface area contributed by atoms with E-state index in [1.807, 2.05) is 17.2 Å². The molecular formula is C29H33N3O4. The first-order chi connectivity index (χ1) is 17.8. The lowest BCUT2D eigenvalue weighted by Crippen LogP contribution is -2.45. The van der Waals surface area contributed by atoms with Crippen LogP contribution in [0.2, 0.25) is 0 Å². The van der Waals surface area contributed by atoms with Crippen molar-refractivity contribution in [3.8, 4) is 16.9 Å². The number of nitrogens with zero attached hydrogens (tertiary/aromatic N) is 3. The zero-order chi connectivity index (χ0) is 24.3. The van der Waals surface area contributed by atoms with E-state index in [9.17, 15) is 4.79 Å². The van der Waals surface area contributed by atoms with Gasteiger partial charge < -0.3 is 24.0 Å². The number of fused-ring (bicyclic) bond motifs is 1. The molecule has 0 aliphatic carbocycles. The predicted octanol–water partition coefficient (Wildman–Crippen LogP) is 4.29. The van der Waals surface area contributed by atoms with Crippen LogP contribution in [-0.4, -0.2) is 74.0 Å². The van der Waals surface area contributed by atoms with Gasteiger partial charge in [-0.3, -0.25) is 9.78 Å². The lowest BCUT2D eigenvalue weighted by Gasteiger charge is -2.33. The van der Waals surface area contributed by atoms with Crippen LogP contribution >= 0.6 is 0 Å². The topological polar surface area (TPSA) is 64.1 Å². The first-order valence-electron chi connectivity index (χ1n) is 13.1. The smallest absolute Gasteiger partial charge is 0.251 e. The van der Waals surface area contributed by atoms with E-state index in [-0.39, 0.29) is 18.1 Å². The molecule has 188 valence electrons. The molecule has 3 aliphatic heterocycles. The molecule has 0 N–H and O–H groups in total. The van der Waals surface area contributed by atoms with E-state index in [1.165, 1.54) is 11.1 Å². The third kappa shape index (κ3) is 4.77. The normalized spacial score (nSPS) is 21.2. The van der Waals surface area contributed by atoms with Gasteiger partial charge in [0.15, 0.2) is 0 Å². The maximum atomic E-state index is 12.6. The number of rotatable bonds is 5. The summed E-state index contributed by atoms with van der Waals surface area (Å²) in [4.78, 5) is 21.7. The number of likely N-dealkylation sites (tertiary alicyclic amines) is 1. The van der Waals surface area contributed by atoms with Crippen molar-refractivity contribution in [1.29, 1.82) is 0 Å². The van der Waals surface area contributed by atoms with Gasteiger partial charge in [-0.1, -0.05) is 30.3 Å². The fourth-order valence-electron chi connectivity index (χ4n) is 5.54. The number of hydrogen-bond donors (Lipinski definition) is 0. The lowest BCUT2D eigenvalue weighted by atomic mass is 10.0. The third-order valence-electron chi connectivity index (χ3n) is 7.50. The standard InChI is InChI=1S/C29H33N3O4/c33-29(27-6-3-17-35-27)32-13-11-23(12-14-32)36-22-9-7-21(8-10-22)25-20-30-26-5-2-1-4-24(26)28(25)31-15-18-34-19-16-31/h1-2,4-5,7-10,20,23,27H,3,6,11-19H2. The average molecular weight is 488 g/mol. The van der Waals surface area contributed by atoms with E-state index in [4.69, 9.17) is 19.2 Å². The summed E-state index contributed by atoms with van der Waals surface area (Å²) in [7, 11) is 0. The van der Waals surface area contributed by atoms with Crippen LogP contribution in [-0.2, 0) is 14.3 Å². The zero-order valence-electron chi connectivity index (χ0n) is 20.6. The summed E-state index contributed by atoms with van der Waals surface area (Å²) in [6, 6.07) is 16.7. The van der Waals surface area contributed by atoms with Gasteiger partial charge in [-0.25, -0.2) is 0 Å². The number of amides is 1. The van der Waals surface area contributed by atoms with Gasteiger partial charge in [0.25, 0.3) is 5.91 Å². The third-order valence-corrected chi connectivity index (χ3v) is 7.50. The number of carbonyl (C=O) groups excluding carboxylic acids is 1. The van der Waals surface area contributed by atoms with Crippen LogP contribution in [0.25, 0.3) is 22.0 Å². The van der Waals surface area contributed by atoms with Gasteiger partial charge in [0.2, 0.25) is 0 Å². The summed E-state index contributed by atoms with van der Waals surface area (Å²) in [5, 5.41) is 1.17. The van der Waals surface area contributed by atoms with Gasteiger partial charge >= 0.3 is 0 Å². The first-order valence-corrected chi connectivity index (χ1v) is 13.1. The molecule has 3 aromatic rings. The fraction of sp³-hybridized carbons (Fsp3) is 0.448. The van der Waals surface area contributed by atoms with Crippen LogP contribution in [0.3, 0.4) is 0 Å². The summed E-state index contributed by atoms with van der Waals surface area (Å²) < 4.78 is 17.5. The Morgan fingerprint density at radius 1 is 0.917 bits per heavy atom. The van der Waals surface area contributed by atoms with Gasteiger partial charge in [0.1, 0.15) is 18.0 Å². The molecule has 3 aliphatic rings. The Labute approximate surface area is 212 Å². The fourth-order valence-corrected chi connectivity index (χ4v) is 5.54. The maximum Gasteiger partial charge on any atom is 0.251 e. The summed E-state index contributed by atoms with van der Waals surface area (Å²) in [6.07, 6.45) is 5.39. The molecule has 36 heavy (non-hydrogen) atoms. The van der Waals surface area contributed by atoms with Crippen molar-refractivity contribution >= 4 is 22.5 Å². The summed E-state index contributed by atoms with van der Waals surface area (Å²) in [5.74, 6) is 1.01. The highest BCUT2D eigenvalue weighted by Gasteiger charge is 2.31. The zero-order valence-corrected chi connectivity index (χ0v) is 20.6. The van der Waals surface area contributed by atoms with Crippen LogP contribution in [0.15, 0.2) is 54.7 Å². The summed E-state index contributed by atoms with van der Waals surface area (Å²) >= 11 is 0. The van der Waals surface area contributed by atoms with Crippen LogP contribution in [0.5, 0.6) is 5.75 Å². The van der Waals surface area contributed by atoms with Crippen molar-refractivity contribution in [3.05, 3.63) is 54.7 Å². The maximum absolute atomic E-state index is 12.6. The Hall–Kier alpha value is -3.16. The number of piperidine rings is 1. The van der Waals surface area contributed by atoms with Crippen molar-refractivity contribution in [2.45, 2.75) is 37.9 Å². The molecule has 0 saturated carbocycles. The minimum atomic E-state index is -0.234. The van der Waals surface area contributed by atoms with E-state index in [1.54, 1.807) is 0 Å². The number of pyridine rings is 1. The van der Waals surface area contributed by atoms with Crippen molar-refractivity contribution in [2.75, 3.05) is 50.9 Å². The van der Waals surface area contributed by atoms with E-state index in [0.717, 1.165) is 87.5 Å². The second kappa shape index (κ2) is 10.4. The quantitative estimate of drug-likeness (QED) is 0.535. The van der Waals surface area contributed by atoms with Gasteiger partial charge in [0.05, 0.1) is 24.4 Å². The molecule has 3 fully saturated rings. The number of benzene rings is 2. The monoisotopic (exact) mass is 487 g/mol. The number of para-hydroxylation sites is 1. The number of anilines is 1. The highest BCUT2D eigenvalue weighted by molar-refractivity contribution is 5.99. The highest BCUT2D eigenvalue weighted by Crippen LogP contribution is 2.37. The minimum Gasteiger partial charge on any atom is -0.490 e. The number of hydrogen-bond acceptors (Lipinski definition) is 6. The number of aromatic nitrogens is 1. The average Bonchev–Trinajstić information content (AvgIpc) is 3.49. The highest BCUT2D eigenvalue weighted by atomic mass is 16.5. The van der Waals surface area contributed by atoms with Gasteiger partial charge in [-0.2, -0.15) is 0 Å². The second-order valence-electron chi connectivity index (χ2n) is 9.81. The van der Waals surface area contributed by atoms with Gasteiger partial charge in [-0.05, 0) is 36.6 Å². The van der Waals surface area contributed by atoms with Crippen LogP contribution in [0, 0.1) is 0 Å². The molecule has 2 aromatic carbocycles. The van der Waals surface area contributed by atoms with Crippen molar-refractivity contribution in [2.24, 2.45) is 0 Å². The lowest BCUT2D eigenvalue weighted by molar-refractivity contribution is -0.142. The molecule has 0 spiro atoms. The molecule has 4 heterocycles. The largest absolute Gasteiger partial charge is 0.490 e. The SMILES string of the molecule is O=C(C1CCCO1)N1CCC(Oc2ccc(-c3cnc4ccccc4c3N3CCOCC3)cc2)CC1. The van der Waals surface area contributed by atoms with Gasteiger partial charge in [0, 0.05) is 62.8 Å². The first kappa shape index (κ1) is 23.3. The van der Waals surface area contributed by atoms with E-state index in [2.05, 4.69) is 47.4 Å². The Kier molecular flexibility index (Phi) is 6.75. The summed E-state index contributed by atoms with van der Waals surface area (Å²) in [6.45, 7) is 5.38. The van der Waals surface area contributed by atoms with Gasteiger partial charge in [-0.15, -0.1) is 0 Å². The van der Waals surface area contributed by atoms with Crippen molar-refractivity contribution in [1.82, 2.24) is 9.88 Å². The molecular weight excluding hydrogens is 454 g/mol. The molecule has 1 atom stereocenters. The van der Waals surface area contributed by atoms with Crippen molar-refractivity contribution in [3.63, 3.8) is 0 Å². The Morgan fingerprint density at radius 3 is 2.44 bits per heavy atom. The second-order valence-corrected chi connectivity index (χ2v) is 9.81. The molecule has 1 aromatic heterocycles. The molecule has 1 amide bonds. The van der Waals surface area contributed by atoms with E-state index in [0.29, 0.717) is 6.61 Å². The number of carbonyl (C=O) groups is 1. The van der Waals surface area contributed by atoms with E-state index >= 15 is 0 Å². The molecule has 0 radical (unpaired) electrons. The molecule has 0 bridgehead atoms. The van der Waals surface area contributed by atoms with Crippen LogP contribution < -0.4 is 9.64 Å². The van der Waals surface area contributed by atoms with E-state index < -0.39 is 0 Å². The Morgan fingerprint density at radius 2 is 1.69 bits per heavy atom. The molecule has 6 rings (SSSR count). The Bertz CT molecular complexity index is 1190. The number of ether oxygens (including phenoxy) is 3. The molecule has 7 heteroatoms. The van der Waals surface area contributed by atoms with Crippen molar-refractivity contribution < 1.29 is 19.0 Å². The number of morpholine rings is 1. The minimum absolute atomic E-state index is 0.121. The summed E-state index contributed by atoms with van der Waals surface area (Å²) in [5.41, 5.74) is 4.48. The van der Waals surface area contributed by atoms with Crippen LogP contribution in [0.1, 0.15) is 25.7 Å².